The molecule has 17 heavy (non-hydrogen) atoms. The number of halogens is 2. The van der Waals surface area contributed by atoms with Crippen molar-refractivity contribution >= 4 is 45.1 Å². The van der Waals surface area contributed by atoms with E-state index in [2.05, 4.69) is 31.5 Å². The van der Waals surface area contributed by atoms with Crippen LogP contribution in [0.5, 0.6) is 0 Å². The minimum Gasteiger partial charge on any atom is -0.434 e. The second-order valence-electron chi connectivity index (χ2n) is 3.02. The molecule has 2 aromatic heterocycles. The van der Waals surface area contributed by atoms with Crippen molar-refractivity contribution in [3.05, 3.63) is 40.3 Å². The average molecular weight is 317 g/mol. The summed E-state index contributed by atoms with van der Waals surface area (Å²) in [6.07, 6.45) is 1.54. The van der Waals surface area contributed by atoms with Gasteiger partial charge >= 0.3 is 6.03 Å². The summed E-state index contributed by atoms with van der Waals surface area (Å²) in [4.78, 5) is 15.4. The molecule has 0 fully saturated rings. The number of urea groups is 1. The van der Waals surface area contributed by atoms with Gasteiger partial charge in [-0.3, -0.25) is 5.32 Å². The molecule has 0 aliphatic heterocycles. The molecule has 7 heteroatoms. The highest BCUT2D eigenvalue weighted by molar-refractivity contribution is 9.10. The Morgan fingerprint density at radius 3 is 2.82 bits per heavy atom. The molecule has 0 saturated heterocycles. The zero-order valence-corrected chi connectivity index (χ0v) is 10.7. The maximum absolute atomic E-state index is 11.6. The summed E-state index contributed by atoms with van der Waals surface area (Å²) in [6, 6.07) is 6.15. The number of anilines is 2. The molecule has 5 nitrogen and oxygen atoms in total. The Morgan fingerprint density at radius 1 is 1.35 bits per heavy atom. The predicted octanol–water partition coefficient (Wildman–Crippen LogP) is 3.73. The van der Waals surface area contributed by atoms with E-state index in [0.717, 1.165) is 0 Å². The quantitative estimate of drug-likeness (QED) is 0.829. The van der Waals surface area contributed by atoms with Gasteiger partial charge in [-0.2, -0.15) is 0 Å². The maximum Gasteiger partial charge on any atom is 0.326 e. The average Bonchev–Trinajstić information content (AvgIpc) is 2.67. The van der Waals surface area contributed by atoms with E-state index < -0.39 is 6.03 Å². The lowest BCUT2D eigenvalue weighted by Crippen LogP contribution is -2.19. The fourth-order valence-electron chi connectivity index (χ4n) is 1.13. The van der Waals surface area contributed by atoms with Gasteiger partial charge in [0.15, 0.2) is 9.82 Å². The molecule has 0 bridgehead atoms. The summed E-state index contributed by atoms with van der Waals surface area (Å²) in [5.74, 6) is 0.328. The molecule has 88 valence electrons. The van der Waals surface area contributed by atoms with Crippen molar-refractivity contribution < 1.29 is 9.21 Å². The topological polar surface area (TPSA) is 67.2 Å². The molecule has 2 aromatic rings. The maximum atomic E-state index is 11.6. The zero-order chi connectivity index (χ0) is 12.3. The number of carbonyl (C=O) groups excluding carboxylic acids is 1. The molecule has 0 aromatic carbocycles. The summed E-state index contributed by atoms with van der Waals surface area (Å²) >= 11 is 8.92. The summed E-state index contributed by atoms with van der Waals surface area (Å²) < 4.78 is 5.65. The van der Waals surface area contributed by atoms with Crippen LogP contribution in [0.4, 0.5) is 16.4 Å². The molecule has 2 rings (SSSR count). The molecular weight excluding hydrogens is 309 g/mol. The van der Waals surface area contributed by atoms with Crippen LogP contribution in [0.15, 0.2) is 39.5 Å². The van der Waals surface area contributed by atoms with Crippen LogP contribution >= 0.6 is 27.5 Å². The second kappa shape index (κ2) is 5.20. The first kappa shape index (κ1) is 11.9. The Balaban J connectivity index is 2.01. The van der Waals surface area contributed by atoms with E-state index in [0.29, 0.717) is 16.2 Å². The third kappa shape index (κ3) is 3.21. The molecular formula is C10H7BrClN3O2. The standard InChI is InChI=1S/C10H7BrClN3O2/c11-7-3-4-8(17-7)15-10(16)14-6-2-1-5-13-9(6)12/h1-5H,(H2,14,15,16). The Morgan fingerprint density at radius 2 is 2.18 bits per heavy atom. The molecule has 2 N–H and O–H groups in total. The van der Waals surface area contributed by atoms with E-state index in [1.165, 1.54) is 6.20 Å². The largest absolute Gasteiger partial charge is 0.434 e. The van der Waals surface area contributed by atoms with E-state index in [9.17, 15) is 4.79 Å². The van der Waals surface area contributed by atoms with Gasteiger partial charge in [0.1, 0.15) is 0 Å². The van der Waals surface area contributed by atoms with E-state index in [1.807, 2.05) is 0 Å². The van der Waals surface area contributed by atoms with Crippen LogP contribution < -0.4 is 10.6 Å². The molecule has 0 radical (unpaired) electrons. The van der Waals surface area contributed by atoms with E-state index in [-0.39, 0.29) is 5.15 Å². The summed E-state index contributed by atoms with van der Waals surface area (Å²) in [5.41, 5.74) is 0.428. The van der Waals surface area contributed by atoms with Gasteiger partial charge < -0.3 is 9.73 Å². The first-order chi connectivity index (χ1) is 8.15. The van der Waals surface area contributed by atoms with Crippen molar-refractivity contribution in [2.24, 2.45) is 0 Å². The molecule has 0 spiro atoms. The smallest absolute Gasteiger partial charge is 0.326 e. The predicted molar refractivity (Wildman–Crippen MR) is 68.3 cm³/mol. The van der Waals surface area contributed by atoms with Gasteiger partial charge in [0.2, 0.25) is 5.88 Å². The third-order valence-electron chi connectivity index (χ3n) is 1.82. The van der Waals surface area contributed by atoms with Gasteiger partial charge in [0.05, 0.1) is 5.69 Å². The lowest BCUT2D eigenvalue weighted by atomic mass is 10.4. The Hall–Kier alpha value is -1.53. The Bertz CT molecular complexity index is 544. The monoisotopic (exact) mass is 315 g/mol. The van der Waals surface area contributed by atoms with E-state index in [1.54, 1.807) is 24.3 Å². The Kier molecular flexibility index (Phi) is 3.65. The van der Waals surface area contributed by atoms with Gasteiger partial charge in [-0.15, -0.1) is 0 Å². The number of furan rings is 1. The number of nitrogens with one attached hydrogen (secondary N) is 2. The van der Waals surface area contributed by atoms with Crippen molar-refractivity contribution in [3.63, 3.8) is 0 Å². The number of amides is 2. The minimum absolute atomic E-state index is 0.225. The number of hydrogen-bond donors (Lipinski definition) is 2. The van der Waals surface area contributed by atoms with Crippen LogP contribution in [0.25, 0.3) is 0 Å². The fraction of sp³-hybridized carbons (Fsp3) is 0. The van der Waals surface area contributed by atoms with E-state index in [4.69, 9.17) is 16.0 Å². The molecule has 0 saturated carbocycles. The molecule has 0 aliphatic rings. The Labute approximate surface area is 110 Å². The van der Waals surface area contributed by atoms with Crippen LogP contribution in [-0.4, -0.2) is 11.0 Å². The van der Waals surface area contributed by atoms with Crippen LogP contribution in [0.2, 0.25) is 5.15 Å². The number of hydrogen-bond acceptors (Lipinski definition) is 3. The SMILES string of the molecule is O=C(Nc1ccc(Br)o1)Nc1cccnc1Cl. The van der Waals surface area contributed by atoms with Crippen molar-refractivity contribution in [3.8, 4) is 0 Å². The number of pyridine rings is 1. The van der Waals surface area contributed by atoms with Gasteiger partial charge in [-0.25, -0.2) is 9.78 Å². The lowest BCUT2D eigenvalue weighted by Gasteiger charge is -2.05. The molecule has 2 amide bonds. The lowest BCUT2D eigenvalue weighted by molar-refractivity contribution is 0.261. The molecule has 0 unspecified atom stereocenters. The van der Waals surface area contributed by atoms with Crippen molar-refractivity contribution in [2.75, 3.05) is 10.6 Å². The normalized spacial score (nSPS) is 10.0. The molecule has 0 atom stereocenters. The van der Waals surface area contributed by atoms with Gasteiger partial charge in [0.25, 0.3) is 0 Å². The van der Waals surface area contributed by atoms with Crippen molar-refractivity contribution in [1.29, 1.82) is 0 Å². The van der Waals surface area contributed by atoms with Crippen LogP contribution in [0.1, 0.15) is 0 Å². The highest BCUT2D eigenvalue weighted by Crippen LogP contribution is 2.20. The molecule has 0 aliphatic carbocycles. The summed E-state index contributed by atoms with van der Waals surface area (Å²) in [6.45, 7) is 0. The van der Waals surface area contributed by atoms with Gasteiger partial charge in [-0.05, 0) is 34.1 Å². The van der Waals surface area contributed by atoms with Crippen LogP contribution in [0.3, 0.4) is 0 Å². The first-order valence-electron chi connectivity index (χ1n) is 4.59. The number of aromatic nitrogens is 1. The highest BCUT2D eigenvalue weighted by Gasteiger charge is 2.07. The zero-order valence-electron chi connectivity index (χ0n) is 8.41. The van der Waals surface area contributed by atoms with E-state index >= 15 is 0 Å². The number of carbonyl (C=O) groups is 1. The second-order valence-corrected chi connectivity index (χ2v) is 4.16. The fourth-order valence-corrected chi connectivity index (χ4v) is 1.60. The number of rotatable bonds is 2. The van der Waals surface area contributed by atoms with Crippen LogP contribution in [0, 0.1) is 0 Å². The van der Waals surface area contributed by atoms with Gasteiger partial charge in [-0.1, -0.05) is 11.6 Å². The summed E-state index contributed by atoms with van der Waals surface area (Å²) in [7, 11) is 0. The summed E-state index contributed by atoms with van der Waals surface area (Å²) in [5, 5.41) is 5.28. The van der Waals surface area contributed by atoms with Crippen molar-refractivity contribution in [2.45, 2.75) is 0 Å². The molecule has 2 heterocycles. The third-order valence-corrected chi connectivity index (χ3v) is 2.54. The number of nitrogens with zero attached hydrogens (tertiary/aromatic N) is 1. The first-order valence-corrected chi connectivity index (χ1v) is 5.76. The van der Waals surface area contributed by atoms with Crippen LogP contribution in [-0.2, 0) is 0 Å². The minimum atomic E-state index is -0.457. The van der Waals surface area contributed by atoms with Crippen molar-refractivity contribution in [1.82, 2.24) is 4.98 Å². The highest BCUT2D eigenvalue weighted by atomic mass is 79.9. The van der Waals surface area contributed by atoms with Gasteiger partial charge in [0, 0.05) is 12.3 Å².